The Bertz CT molecular complexity index is 80.3. The van der Waals surface area contributed by atoms with Gasteiger partial charge in [-0.1, -0.05) is 0 Å². The zero-order valence-corrected chi connectivity index (χ0v) is 6.14. The molecule has 3 nitrogen and oxygen atoms in total. The molecule has 9 heavy (non-hydrogen) atoms. The Hall–Kier alpha value is -0.410. The van der Waals surface area contributed by atoms with Crippen molar-refractivity contribution in [3.8, 4) is 0 Å². The molecule has 0 bridgehead atoms. The van der Waals surface area contributed by atoms with Crippen LogP contribution in [0.15, 0.2) is 0 Å². The molecule has 0 aromatic heterocycles. The lowest BCUT2D eigenvalue weighted by molar-refractivity contribution is -0.124. The zero-order chi connectivity index (χ0) is 7.70. The normalized spacial score (nSPS) is 7.00. The van der Waals surface area contributed by atoms with Gasteiger partial charge in [0.15, 0.2) is 0 Å². The minimum absolute atomic E-state index is 0.0432. The van der Waals surface area contributed by atoms with Crippen molar-refractivity contribution in [2.75, 3.05) is 13.7 Å². The molecule has 0 heterocycles. The van der Waals surface area contributed by atoms with E-state index in [-0.39, 0.29) is 6.29 Å². The second-order valence-electron chi connectivity index (χ2n) is 0.999. The fourth-order valence-corrected chi connectivity index (χ4v) is 0. The third-order valence-electron chi connectivity index (χ3n) is 0.381. The van der Waals surface area contributed by atoms with Crippen molar-refractivity contribution in [2.24, 2.45) is 0 Å². The van der Waals surface area contributed by atoms with Crippen LogP contribution in [0.5, 0.6) is 0 Å². The molecule has 0 spiro atoms. The number of carbonyl (C=O) groups is 2. The molecule has 0 saturated heterocycles. The first-order valence-electron chi connectivity index (χ1n) is 2.32. The molecule has 0 aromatic carbocycles. The fourth-order valence-electron chi connectivity index (χ4n) is 0. The van der Waals surface area contributed by atoms with E-state index in [0.29, 0.717) is 0 Å². The van der Waals surface area contributed by atoms with Gasteiger partial charge in [0.1, 0.15) is 0 Å². The highest BCUT2D eigenvalue weighted by molar-refractivity contribution is 6.77. The monoisotopic (exact) mass is 152 g/mol. The largest absolute Gasteiger partial charge is 0.385 e. The molecule has 4 heteroatoms. The molecule has 0 aliphatic rings. The van der Waals surface area contributed by atoms with Crippen LogP contribution in [0.4, 0.5) is 0 Å². The van der Waals surface area contributed by atoms with Gasteiger partial charge in [-0.15, -0.1) is 0 Å². The molecule has 0 aliphatic heterocycles. The van der Waals surface area contributed by atoms with Gasteiger partial charge in [0.2, 0.25) is 6.29 Å². The van der Waals surface area contributed by atoms with E-state index in [1.54, 1.807) is 7.11 Å². The summed E-state index contributed by atoms with van der Waals surface area (Å²) in [6, 6.07) is 0. The molecule has 0 amide bonds. The number of ether oxygens (including phenoxy) is 1. The van der Waals surface area contributed by atoms with Gasteiger partial charge >= 0.3 is 0 Å². The quantitative estimate of drug-likeness (QED) is 0.331. The number of hydrogen-bond acceptors (Lipinski definition) is 3. The molecule has 54 valence electrons. The van der Waals surface area contributed by atoms with Crippen LogP contribution < -0.4 is 0 Å². The van der Waals surface area contributed by atoms with Gasteiger partial charge in [-0.2, -0.15) is 0 Å². The maximum absolute atomic E-state index is 9.21. The molecule has 0 N–H and O–H groups in total. The van der Waals surface area contributed by atoms with Crippen LogP contribution in [-0.2, 0) is 14.3 Å². The highest BCUT2D eigenvalue weighted by Crippen LogP contribution is 1.65. The van der Waals surface area contributed by atoms with Gasteiger partial charge in [-0.05, 0) is 18.5 Å². The first-order valence-corrected chi connectivity index (χ1v) is 2.70. The lowest BCUT2D eigenvalue weighted by atomic mass is 10.9. The van der Waals surface area contributed by atoms with Crippen molar-refractivity contribution in [2.45, 2.75) is 6.92 Å². The van der Waals surface area contributed by atoms with E-state index < -0.39 is 5.24 Å². The lowest BCUT2D eigenvalue weighted by Crippen LogP contribution is -1.80. The van der Waals surface area contributed by atoms with Crippen molar-refractivity contribution in [3.63, 3.8) is 0 Å². The van der Waals surface area contributed by atoms with Crippen molar-refractivity contribution < 1.29 is 14.3 Å². The first kappa shape index (κ1) is 11.4. The van der Waals surface area contributed by atoms with Gasteiger partial charge in [0, 0.05) is 13.7 Å². The van der Waals surface area contributed by atoms with Crippen molar-refractivity contribution >= 4 is 23.1 Å². The summed E-state index contributed by atoms with van der Waals surface area (Å²) in [5.41, 5.74) is 0. The summed E-state index contributed by atoms with van der Waals surface area (Å²) >= 11 is 4.46. The number of halogens is 1. The number of methoxy groups -OCH3 is 1. The topological polar surface area (TPSA) is 43.4 Å². The standard InChI is InChI=1S/C3H8O.C2HClO2/c1-3-4-2;3-2(5)1-4/h3H2,1-2H3;1H. The van der Waals surface area contributed by atoms with Crippen molar-refractivity contribution in [3.05, 3.63) is 0 Å². The minimum Gasteiger partial charge on any atom is -0.385 e. The molecule has 0 saturated carbocycles. The molecular weight excluding hydrogens is 144 g/mol. The third kappa shape index (κ3) is 35.4. The van der Waals surface area contributed by atoms with Crippen LogP contribution in [0.2, 0.25) is 0 Å². The Balaban J connectivity index is 0. The highest BCUT2D eigenvalue weighted by atomic mass is 35.5. The van der Waals surface area contributed by atoms with Crippen LogP contribution in [-0.4, -0.2) is 25.2 Å². The summed E-state index contributed by atoms with van der Waals surface area (Å²) in [6.07, 6.45) is 0.0432. The Labute approximate surface area is 58.9 Å². The summed E-state index contributed by atoms with van der Waals surface area (Å²) in [5, 5.41) is -0.954. The molecule has 0 unspecified atom stereocenters. The van der Waals surface area contributed by atoms with Gasteiger partial charge in [0.05, 0.1) is 0 Å². The van der Waals surface area contributed by atoms with Crippen molar-refractivity contribution in [1.82, 2.24) is 0 Å². The van der Waals surface area contributed by atoms with Crippen LogP contribution in [0, 0.1) is 0 Å². The molecule has 0 atom stereocenters. The predicted molar refractivity (Wildman–Crippen MR) is 34.5 cm³/mol. The van der Waals surface area contributed by atoms with Crippen LogP contribution >= 0.6 is 11.6 Å². The number of rotatable bonds is 2. The first-order chi connectivity index (χ1) is 4.18. The van der Waals surface area contributed by atoms with E-state index in [1.807, 2.05) is 6.92 Å². The smallest absolute Gasteiger partial charge is 0.284 e. The Kier molecular flexibility index (Phi) is 13.4. The molecule has 0 aliphatic carbocycles. The number of carbonyl (C=O) groups excluding carboxylic acids is 2. The summed E-state index contributed by atoms with van der Waals surface area (Å²) in [4.78, 5) is 18.2. The van der Waals surface area contributed by atoms with E-state index in [2.05, 4.69) is 16.3 Å². The summed E-state index contributed by atoms with van der Waals surface area (Å²) in [6.45, 7) is 2.78. The number of aldehydes is 1. The fraction of sp³-hybridized carbons (Fsp3) is 0.600. The second kappa shape index (κ2) is 10.5. The van der Waals surface area contributed by atoms with Crippen LogP contribution in [0.3, 0.4) is 0 Å². The van der Waals surface area contributed by atoms with E-state index in [4.69, 9.17) is 4.79 Å². The molecule has 0 radical (unpaired) electrons. The highest BCUT2D eigenvalue weighted by Gasteiger charge is 1.80. The lowest BCUT2D eigenvalue weighted by Gasteiger charge is -1.76. The predicted octanol–water partition coefficient (Wildman–Crippen LogP) is 0.603. The average Bonchev–Trinajstić information content (AvgIpc) is 1.89. The Morgan fingerprint density at radius 2 is 2.00 bits per heavy atom. The summed E-state index contributed by atoms with van der Waals surface area (Å²) in [7, 11) is 1.68. The van der Waals surface area contributed by atoms with Gasteiger partial charge in [-0.25, -0.2) is 0 Å². The third-order valence-corrected chi connectivity index (χ3v) is 0.470. The molecule has 0 aromatic rings. The van der Waals surface area contributed by atoms with E-state index in [0.717, 1.165) is 6.61 Å². The van der Waals surface area contributed by atoms with Crippen LogP contribution in [0.1, 0.15) is 6.92 Å². The van der Waals surface area contributed by atoms with Gasteiger partial charge in [0.25, 0.3) is 5.24 Å². The van der Waals surface area contributed by atoms with Crippen molar-refractivity contribution in [1.29, 1.82) is 0 Å². The zero-order valence-electron chi connectivity index (χ0n) is 5.39. The molecular formula is C5H9ClO3. The minimum atomic E-state index is -0.954. The average molecular weight is 153 g/mol. The van der Waals surface area contributed by atoms with Crippen LogP contribution in [0.25, 0.3) is 0 Å². The van der Waals surface area contributed by atoms with E-state index in [9.17, 15) is 4.79 Å². The number of hydrogen-bond donors (Lipinski definition) is 0. The van der Waals surface area contributed by atoms with Gasteiger partial charge in [-0.3, -0.25) is 9.59 Å². The SMILES string of the molecule is CCOC.O=CC(=O)Cl. The van der Waals surface area contributed by atoms with E-state index in [1.165, 1.54) is 0 Å². The van der Waals surface area contributed by atoms with E-state index >= 15 is 0 Å². The summed E-state index contributed by atoms with van der Waals surface area (Å²) in [5.74, 6) is 0. The molecule has 0 fully saturated rings. The summed E-state index contributed by atoms with van der Waals surface area (Å²) < 4.78 is 4.54. The Morgan fingerprint density at radius 3 is 2.00 bits per heavy atom. The second-order valence-corrected chi connectivity index (χ2v) is 1.37. The van der Waals surface area contributed by atoms with Gasteiger partial charge < -0.3 is 4.74 Å². The Morgan fingerprint density at radius 1 is 1.78 bits per heavy atom. The maximum Gasteiger partial charge on any atom is 0.284 e. The molecule has 0 rings (SSSR count). The maximum atomic E-state index is 9.21.